The van der Waals surface area contributed by atoms with Crippen molar-refractivity contribution in [1.82, 2.24) is 0 Å². The Morgan fingerprint density at radius 2 is 1.70 bits per heavy atom. The summed E-state index contributed by atoms with van der Waals surface area (Å²) in [5.74, 6) is 0.133. The molecule has 0 fully saturated rings. The lowest BCUT2D eigenvalue weighted by atomic mass is 10.0. The second-order valence-electron chi connectivity index (χ2n) is 4.56. The lowest BCUT2D eigenvalue weighted by Crippen LogP contribution is -2.08. The minimum atomic E-state index is -0.225. The van der Waals surface area contributed by atoms with Crippen LogP contribution in [0.1, 0.15) is 32.7 Å². The van der Waals surface area contributed by atoms with Gasteiger partial charge in [-0.05, 0) is 6.07 Å². The van der Waals surface area contributed by atoms with E-state index in [0.717, 1.165) is 5.56 Å². The van der Waals surface area contributed by atoms with Gasteiger partial charge in [0, 0.05) is 16.7 Å². The molecule has 3 rings (SSSR count). The van der Waals surface area contributed by atoms with Crippen molar-refractivity contribution in [3.8, 4) is 5.75 Å². The summed E-state index contributed by atoms with van der Waals surface area (Å²) in [4.78, 5) is 33.9. The van der Waals surface area contributed by atoms with Gasteiger partial charge in [0.15, 0.2) is 17.3 Å². The van der Waals surface area contributed by atoms with Gasteiger partial charge in [-0.2, -0.15) is 4.89 Å². The Balaban J connectivity index is 1.75. The Kier molecular flexibility index (Phi) is 3.31. The van der Waals surface area contributed by atoms with Crippen molar-refractivity contribution in [2.75, 3.05) is 0 Å². The van der Waals surface area contributed by atoms with Crippen LogP contribution in [0.5, 0.6) is 5.75 Å². The number of ketones is 2. The predicted octanol–water partition coefficient (Wildman–Crippen LogP) is 2.97. The summed E-state index contributed by atoms with van der Waals surface area (Å²) in [7, 11) is 0. The summed E-state index contributed by atoms with van der Waals surface area (Å²) in [5.41, 5.74) is 1.90. The Morgan fingerprint density at radius 1 is 0.950 bits per heavy atom. The molecule has 1 aliphatic rings. The largest absolute Gasteiger partial charge is 0.337 e. The molecule has 4 nitrogen and oxygen atoms in total. The van der Waals surface area contributed by atoms with Gasteiger partial charge in [-0.25, -0.2) is 0 Å². The molecule has 100 valence electrons. The van der Waals surface area contributed by atoms with E-state index in [1.54, 1.807) is 42.5 Å². The molecule has 0 spiro atoms. The topological polar surface area (TPSA) is 52.6 Å². The fraction of sp³-hybridized carbons (Fsp3) is 0.125. The van der Waals surface area contributed by atoms with Crippen molar-refractivity contribution in [2.45, 2.75) is 13.0 Å². The van der Waals surface area contributed by atoms with E-state index < -0.39 is 0 Å². The van der Waals surface area contributed by atoms with Crippen LogP contribution in [0.25, 0.3) is 0 Å². The third-order valence-corrected chi connectivity index (χ3v) is 3.17. The van der Waals surface area contributed by atoms with Gasteiger partial charge in [0.25, 0.3) is 0 Å². The highest BCUT2D eigenvalue weighted by Gasteiger charge is 2.18. The normalized spacial score (nSPS) is 12.6. The molecule has 20 heavy (non-hydrogen) atoms. The first-order valence-electron chi connectivity index (χ1n) is 6.28. The summed E-state index contributed by atoms with van der Waals surface area (Å²) in [6.45, 7) is 0.382. The third-order valence-electron chi connectivity index (χ3n) is 3.17. The molecule has 2 aromatic rings. The van der Waals surface area contributed by atoms with Crippen LogP contribution in [0.2, 0.25) is 0 Å². The average molecular weight is 268 g/mol. The van der Waals surface area contributed by atoms with Crippen LogP contribution in [0.3, 0.4) is 0 Å². The molecular formula is C16H12O4. The Hall–Kier alpha value is -2.46. The quantitative estimate of drug-likeness (QED) is 0.486. The monoisotopic (exact) mass is 268 g/mol. The first-order valence-corrected chi connectivity index (χ1v) is 6.28. The second-order valence-corrected chi connectivity index (χ2v) is 4.56. The van der Waals surface area contributed by atoms with Crippen LogP contribution >= 0.6 is 0 Å². The molecule has 0 atom stereocenters. The molecule has 2 aromatic carbocycles. The van der Waals surface area contributed by atoms with Crippen molar-refractivity contribution >= 4 is 11.6 Å². The SMILES string of the molecule is O=C(CC(=O)c1ccc2c(c1)OOC2)c1ccccc1. The van der Waals surface area contributed by atoms with E-state index in [9.17, 15) is 9.59 Å². The van der Waals surface area contributed by atoms with Gasteiger partial charge in [0.05, 0.1) is 6.42 Å². The zero-order valence-electron chi connectivity index (χ0n) is 10.7. The summed E-state index contributed by atoms with van der Waals surface area (Å²) < 4.78 is 0. The Labute approximate surface area is 115 Å². The first-order chi connectivity index (χ1) is 9.74. The molecule has 4 heteroatoms. The molecule has 0 amide bonds. The molecule has 0 saturated heterocycles. The maximum Gasteiger partial charge on any atom is 0.171 e. The molecule has 0 bridgehead atoms. The highest BCUT2D eigenvalue weighted by atomic mass is 17.2. The van der Waals surface area contributed by atoms with Crippen LogP contribution in [0.15, 0.2) is 48.5 Å². The molecule has 0 saturated carbocycles. The highest BCUT2D eigenvalue weighted by molar-refractivity contribution is 6.13. The fourth-order valence-electron chi connectivity index (χ4n) is 2.06. The maximum absolute atomic E-state index is 12.1. The van der Waals surface area contributed by atoms with E-state index in [-0.39, 0.29) is 18.0 Å². The predicted molar refractivity (Wildman–Crippen MR) is 71.6 cm³/mol. The van der Waals surface area contributed by atoms with Crippen molar-refractivity contribution < 1.29 is 19.4 Å². The van der Waals surface area contributed by atoms with E-state index in [2.05, 4.69) is 0 Å². The minimum Gasteiger partial charge on any atom is -0.337 e. The number of benzene rings is 2. The van der Waals surface area contributed by atoms with E-state index in [4.69, 9.17) is 9.78 Å². The van der Waals surface area contributed by atoms with Crippen LogP contribution < -0.4 is 4.89 Å². The van der Waals surface area contributed by atoms with Crippen LogP contribution in [-0.4, -0.2) is 11.6 Å². The molecule has 0 aromatic heterocycles. The van der Waals surface area contributed by atoms with Crippen molar-refractivity contribution in [3.05, 3.63) is 65.2 Å². The smallest absolute Gasteiger partial charge is 0.171 e. The third kappa shape index (κ3) is 2.46. The summed E-state index contributed by atoms with van der Waals surface area (Å²) in [6, 6.07) is 13.9. The lowest BCUT2D eigenvalue weighted by molar-refractivity contribution is -0.194. The molecule has 1 aliphatic heterocycles. The molecule has 0 N–H and O–H groups in total. The average Bonchev–Trinajstić information content (AvgIpc) is 2.95. The van der Waals surface area contributed by atoms with Gasteiger partial charge in [-0.15, -0.1) is 0 Å². The number of hydrogen-bond donors (Lipinski definition) is 0. The second kappa shape index (κ2) is 5.27. The number of fused-ring (bicyclic) bond motifs is 1. The molecule has 0 radical (unpaired) electrons. The van der Waals surface area contributed by atoms with Crippen LogP contribution in [0, 0.1) is 0 Å². The van der Waals surface area contributed by atoms with Crippen molar-refractivity contribution in [3.63, 3.8) is 0 Å². The maximum atomic E-state index is 12.1. The van der Waals surface area contributed by atoms with Gasteiger partial charge in [-0.3, -0.25) is 9.59 Å². The van der Waals surface area contributed by atoms with Gasteiger partial charge in [0.2, 0.25) is 0 Å². The van der Waals surface area contributed by atoms with Gasteiger partial charge in [0.1, 0.15) is 6.61 Å². The van der Waals surface area contributed by atoms with E-state index in [0.29, 0.717) is 23.5 Å². The number of rotatable bonds is 4. The number of Topliss-reactive ketones (excluding diaryl/α,β-unsaturated/α-hetero) is 2. The lowest BCUT2D eigenvalue weighted by Gasteiger charge is -2.02. The first kappa shape index (κ1) is 12.6. The van der Waals surface area contributed by atoms with Crippen molar-refractivity contribution in [1.29, 1.82) is 0 Å². The van der Waals surface area contributed by atoms with E-state index in [1.807, 2.05) is 6.07 Å². The summed E-state index contributed by atoms with van der Waals surface area (Å²) in [5, 5.41) is 0. The van der Waals surface area contributed by atoms with Gasteiger partial charge >= 0.3 is 0 Å². The van der Waals surface area contributed by atoms with E-state index >= 15 is 0 Å². The molecule has 0 unspecified atom stereocenters. The fourth-order valence-corrected chi connectivity index (χ4v) is 2.06. The zero-order valence-corrected chi connectivity index (χ0v) is 10.7. The number of carbonyl (C=O) groups is 2. The summed E-state index contributed by atoms with van der Waals surface area (Å²) in [6.07, 6.45) is -0.149. The Bertz CT molecular complexity index is 661. The standard InChI is InChI=1S/C16H12O4/c17-14(11-4-2-1-3-5-11)9-15(18)12-6-7-13-10-19-20-16(13)8-12/h1-8H,9-10H2. The molecular weight excluding hydrogens is 256 g/mol. The minimum absolute atomic E-state index is 0.149. The van der Waals surface area contributed by atoms with Crippen LogP contribution in [0.4, 0.5) is 0 Å². The Morgan fingerprint density at radius 3 is 2.50 bits per heavy atom. The zero-order chi connectivity index (χ0) is 13.9. The molecule has 1 heterocycles. The van der Waals surface area contributed by atoms with Crippen molar-refractivity contribution in [2.24, 2.45) is 0 Å². The van der Waals surface area contributed by atoms with Gasteiger partial charge < -0.3 is 4.89 Å². The molecule has 0 aliphatic carbocycles. The van der Waals surface area contributed by atoms with Gasteiger partial charge in [-0.1, -0.05) is 42.5 Å². The highest BCUT2D eigenvalue weighted by Crippen LogP contribution is 2.27. The van der Waals surface area contributed by atoms with Crippen LogP contribution in [-0.2, 0) is 11.5 Å². The van der Waals surface area contributed by atoms with E-state index in [1.165, 1.54) is 0 Å². The number of hydrogen-bond acceptors (Lipinski definition) is 4. The summed E-state index contributed by atoms with van der Waals surface area (Å²) >= 11 is 0. The number of carbonyl (C=O) groups excluding carboxylic acids is 2.